The lowest BCUT2D eigenvalue weighted by molar-refractivity contribution is 0.423. The maximum atomic E-state index is 12.2. The predicted octanol–water partition coefficient (Wildman–Crippen LogP) is 1.41. The Hall–Kier alpha value is -2.48. The van der Waals surface area contributed by atoms with Gasteiger partial charge in [-0.05, 0) is 32.9 Å². The number of aryl methyl sites for hydroxylation is 2. The van der Waals surface area contributed by atoms with Crippen LogP contribution in [0.2, 0.25) is 0 Å². The highest BCUT2D eigenvalue weighted by atomic mass is 16.5. The third-order valence-electron chi connectivity index (χ3n) is 4.58. The largest absolute Gasteiger partial charge is 0.334 e. The standard InChI is InChI=1S/C16H20N6O2/c1-3-12-18-16(24-21-12)14-9(2)20-22-11(8-13(23)19-15(14)22)10-4-6-17-7-5-10/h8,10,17H,3-7H2,1-2H3,(H,19,23). The molecule has 0 saturated carbocycles. The van der Waals surface area contributed by atoms with Gasteiger partial charge in [-0.15, -0.1) is 0 Å². The number of nitrogens with one attached hydrogen (secondary N) is 2. The third-order valence-corrected chi connectivity index (χ3v) is 4.58. The van der Waals surface area contributed by atoms with Crippen LogP contribution in [0.5, 0.6) is 0 Å². The number of piperidine rings is 1. The summed E-state index contributed by atoms with van der Waals surface area (Å²) in [7, 11) is 0. The zero-order chi connectivity index (χ0) is 16.7. The van der Waals surface area contributed by atoms with Crippen LogP contribution >= 0.6 is 0 Å². The lowest BCUT2D eigenvalue weighted by atomic mass is 9.94. The molecule has 126 valence electrons. The lowest BCUT2D eigenvalue weighted by Gasteiger charge is -2.23. The Bertz CT molecular complexity index is 932. The highest BCUT2D eigenvalue weighted by Gasteiger charge is 2.24. The van der Waals surface area contributed by atoms with Crippen molar-refractivity contribution in [3.8, 4) is 11.5 Å². The Morgan fingerprint density at radius 3 is 2.88 bits per heavy atom. The fourth-order valence-electron chi connectivity index (χ4n) is 3.34. The van der Waals surface area contributed by atoms with E-state index in [1.54, 1.807) is 6.07 Å². The van der Waals surface area contributed by atoms with E-state index in [2.05, 4.69) is 25.5 Å². The molecule has 1 aliphatic heterocycles. The minimum atomic E-state index is -0.132. The molecule has 0 bridgehead atoms. The molecular formula is C16H20N6O2. The molecule has 3 aromatic rings. The van der Waals surface area contributed by atoms with Crippen LogP contribution < -0.4 is 10.9 Å². The van der Waals surface area contributed by atoms with E-state index in [1.807, 2.05) is 18.4 Å². The summed E-state index contributed by atoms with van der Waals surface area (Å²) in [6, 6.07) is 1.66. The maximum Gasteiger partial charge on any atom is 0.263 e. The van der Waals surface area contributed by atoms with Gasteiger partial charge in [0.05, 0.1) is 11.4 Å². The quantitative estimate of drug-likeness (QED) is 0.754. The van der Waals surface area contributed by atoms with Crippen LogP contribution in [0.25, 0.3) is 17.1 Å². The molecular weight excluding hydrogens is 308 g/mol. The summed E-state index contributed by atoms with van der Waals surface area (Å²) in [5, 5.41) is 11.9. The minimum absolute atomic E-state index is 0.132. The number of hydrogen-bond acceptors (Lipinski definition) is 6. The van der Waals surface area contributed by atoms with Gasteiger partial charge in [0.2, 0.25) is 0 Å². The van der Waals surface area contributed by atoms with Crippen molar-refractivity contribution in [3.05, 3.63) is 33.6 Å². The summed E-state index contributed by atoms with van der Waals surface area (Å²) in [6.07, 6.45) is 2.68. The highest BCUT2D eigenvalue weighted by molar-refractivity contribution is 5.74. The van der Waals surface area contributed by atoms with Crippen molar-refractivity contribution < 1.29 is 4.52 Å². The summed E-state index contributed by atoms with van der Waals surface area (Å²) < 4.78 is 7.20. The Morgan fingerprint density at radius 1 is 1.38 bits per heavy atom. The molecule has 4 rings (SSSR count). The Balaban J connectivity index is 1.91. The molecule has 3 aromatic heterocycles. The van der Waals surface area contributed by atoms with Gasteiger partial charge in [0.1, 0.15) is 11.2 Å². The molecule has 0 aliphatic carbocycles. The van der Waals surface area contributed by atoms with E-state index in [9.17, 15) is 4.79 Å². The average molecular weight is 328 g/mol. The van der Waals surface area contributed by atoms with E-state index in [-0.39, 0.29) is 5.56 Å². The molecule has 0 unspecified atom stereocenters. The van der Waals surface area contributed by atoms with E-state index in [0.717, 1.165) is 37.3 Å². The molecule has 1 aliphatic rings. The van der Waals surface area contributed by atoms with Crippen molar-refractivity contribution in [2.45, 2.75) is 39.0 Å². The van der Waals surface area contributed by atoms with Crippen molar-refractivity contribution >= 4 is 5.65 Å². The van der Waals surface area contributed by atoms with Gasteiger partial charge in [0.15, 0.2) is 5.82 Å². The normalized spacial score (nSPS) is 16.1. The molecule has 1 fully saturated rings. The van der Waals surface area contributed by atoms with Gasteiger partial charge in [-0.25, -0.2) is 4.52 Å². The van der Waals surface area contributed by atoms with Crippen LogP contribution in [0.4, 0.5) is 0 Å². The number of hydrogen-bond donors (Lipinski definition) is 2. The van der Waals surface area contributed by atoms with Crippen molar-refractivity contribution in [3.63, 3.8) is 0 Å². The molecule has 0 spiro atoms. The van der Waals surface area contributed by atoms with E-state index in [0.29, 0.717) is 35.3 Å². The van der Waals surface area contributed by atoms with Crippen LogP contribution in [0.15, 0.2) is 15.4 Å². The average Bonchev–Trinajstić information content (AvgIpc) is 3.18. The van der Waals surface area contributed by atoms with Gasteiger partial charge >= 0.3 is 0 Å². The molecule has 1 saturated heterocycles. The first-order chi connectivity index (χ1) is 11.7. The number of aromatic nitrogens is 5. The summed E-state index contributed by atoms with van der Waals surface area (Å²) in [6.45, 7) is 5.77. The summed E-state index contributed by atoms with van der Waals surface area (Å²) in [5.74, 6) is 1.36. The zero-order valence-corrected chi connectivity index (χ0v) is 13.8. The Kier molecular flexibility index (Phi) is 3.68. The molecule has 2 N–H and O–H groups in total. The zero-order valence-electron chi connectivity index (χ0n) is 13.8. The molecule has 4 heterocycles. The molecule has 8 nitrogen and oxygen atoms in total. The van der Waals surface area contributed by atoms with Crippen molar-refractivity contribution in [1.82, 2.24) is 30.1 Å². The summed E-state index contributed by atoms with van der Waals surface area (Å²) in [5.41, 5.74) is 2.90. The van der Waals surface area contributed by atoms with Crippen LogP contribution in [-0.2, 0) is 6.42 Å². The smallest absolute Gasteiger partial charge is 0.263 e. The van der Waals surface area contributed by atoms with Crippen molar-refractivity contribution in [1.29, 1.82) is 0 Å². The van der Waals surface area contributed by atoms with Gasteiger partial charge in [-0.3, -0.25) is 4.79 Å². The summed E-state index contributed by atoms with van der Waals surface area (Å²) >= 11 is 0. The topological polar surface area (TPSA) is 101 Å². The lowest BCUT2D eigenvalue weighted by Crippen LogP contribution is -2.28. The van der Waals surface area contributed by atoms with Crippen molar-refractivity contribution in [2.24, 2.45) is 0 Å². The van der Waals surface area contributed by atoms with Gasteiger partial charge < -0.3 is 14.8 Å². The monoisotopic (exact) mass is 328 g/mol. The van der Waals surface area contributed by atoms with Gasteiger partial charge in [-0.2, -0.15) is 10.1 Å². The first kappa shape index (κ1) is 15.1. The fourth-order valence-corrected chi connectivity index (χ4v) is 3.34. The first-order valence-corrected chi connectivity index (χ1v) is 8.33. The number of nitrogens with zero attached hydrogens (tertiary/aromatic N) is 4. The Morgan fingerprint density at radius 2 is 2.17 bits per heavy atom. The maximum absolute atomic E-state index is 12.2. The summed E-state index contributed by atoms with van der Waals surface area (Å²) in [4.78, 5) is 19.5. The number of aromatic amines is 1. The molecule has 24 heavy (non-hydrogen) atoms. The molecule has 0 radical (unpaired) electrons. The van der Waals surface area contributed by atoms with Gasteiger partial charge in [0, 0.05) is 18.4 Å². The Labute approximate surface area is 138 Å². The first-order valence-electron chi connectivity index (χ1n) is 8.33. The van der Waals surface area contributed by atoms with Crippen LogP contribution in [0, 0.1) is 6.92 Å². The second kappa shape index (κ2) is 5.86. The second-order valence-electron chi connectivity index (χ2n) is 6.17. The van der Waals surface area contributed by atoms with E-state index >= 15 is 0 Å². The number of fused-ring (bicyclic) bond motifs is 1. The van der Waals surface area contributed by atoms with E-state index in [1.165, 1.54) is 0 Å². The van der Waals surface area contributed by atoms with Gasteiger partial charge in [-0.1, -0.05) is 12.1 Å². The minimum Gasteiger partial charge on any atom is -0.334 e. The van der Waals surface area contributed by atoms with Crippen LogP contribution in [0.1, 0.15) is 42.9 Å². The predicted molar refractivity (Wildman–Crippen MR) is 88.1 cm³/mol. The van der Waals surface area contributed by atoms with Crippen molar-refractivity contribution in [2.75, 3.05) is 13.1 Å². The van der Waals surface area contributed by atoms with Crippen LogP contribution in [0.3, 0.4) is 0 Å². The highest BCUT2D eigenvalue weighted by Crippen LogP contribution is 2.29. The third kappa shape index (κ3) is 2.43. The number of rotatable bonds is 3. The molecule has 0 aromatic carbocycles. The number of H-pyrrole nitrogens is 1. The molecule has 8 heteroatoms. The second-order valence-corrected chi connectivity index (χ2v) is 6.17. The fraction of sp³-hybridized carbons (Fsp3) is 0.500. The van der Waals surface area contributed by atoms with Gasteiger partial charge in [0.25, 0.3) is 11.4 Å². The van der Waals surface area contributed by atoms with E-state index in [4.69, 9.17) is 4.52 Å². The molecule has 0 amide bonds. The van der Waals surface area contributed by atoms with E-state index < -0.39 is 0 Å². The SMILES string of the molecule is CCc1noc(-c2c(C)nn3c(C4CCNCC4)cc(=O)[nH]c23)n1. The molecule has 0 atom stereocenters. The van der Waals surface area contributed by atoms with Crippen LogP contribution in [-0.4, -0.2) is 37.8 Å².